The number of carbonyl (C=O) groups excluding carboxylic acids is 1. The molecule has 4 rings (SSSR count). The summed E-state index contributed by atoms with van der Waals surface area (Å²) < 4.78 is 16.2. The van der Waals surface area contributed by atoms with E-state index in [9.17, 15) is 9.18 Å². The van der Waals surface area contributed by atoms with Crippen LogP contribution >= 0.6 is 11.3 Å². The molecule has 1 aromatic carbocycles. The van der Waals surface area contributed by atoms with E-state index in [1.165, 1.54) is 16.8 Å². The Labute approximate surface area is 158 Å². The summed E-state index contributed by atoms with van der Waals surface area (Å²) in [7, 11) is 1.69. The number of hydrogen-bond acceptors (Lipinski definition) is 5. The number of aromatic nitrogens is 5. The molecule has 1 amide bonds. The van der Waals surface area contributed by atoms with E-state index in [1.54, 1.807) is 47.5 Å². The van der Waals surface area contributed by atoms with Crippen molar-refractivity contribution in [3.63, 3.8) is 0 Å². The minimum Gasteiger partial charge on any atom is -0.345 e. The monoisotopic (exact) mass is 382 g/mol. The molecule has 0 bridgehead atoms. The number of aryl methyl sites for hydroxylation is 1. The van der Waals surface area contributed by atoms with Gasteiger partial charge in [0.15, 0.2) is 0 Å². The molecule has 0 aliphatic rings. The first-order chi connectivity index (χ1) is 13.1. The highest BCUT2D eigenvalue weighted by Crippen LogP contribution is 2.19. The van der Waals surface area contributed by atoms with Gasteiger partial charge in [0.1, 0.15) is 17.2 Å². The van der Waals surface area contributed by atoms with E-state index in [0.717, 1.165) is 11.3 Å². The van der Waals surface area contributed by atoms with Crippen molar-refractivity contribution in [2.24, 2.45) is 7.05 Å². The number of amides is 1. The van der Waals surface area contributed by atoms with Crippen molar-refractivity contribution in [2.75, 3.05) is 0 Å². The molecular formula is C18H15FN6OS. The van der Waals surface area contributed by atoms with E-state index in [0.29, 0.717) is 17.1 Å². The highest BCUT2D eigenvalue weighted by molar-refractivity contribution is 7.08. The second kappa shape index (κ2) is 7.12. The highest BCUT2D eigenvalue weighted by Gasteiger charge is 2.15. The molecule has 136 valence electrons. The van der Waals surface area contributed by atoms with Gasteiger partial charge >= 0.3 is 0 Å². The first kappa shape index (κ1) is 17.1. The lowest BCUT2D eigenvalue weighted by Crippen LogP contribution is -2.25. The van der Waals surface area contributed by atoms with Gasteiger partial charge in [-0.2, -0.15) is 16.4 Å². The van der Waals surface area contributed by atoms with Gasteiger partial charge in [-0.25, -0.2) is 9.07 Å². The van der Waals surface area contributed by atoms with Gasteiger partial charge in [-0.1, -0.05) is 5.21 Å². The fourth-order valence-electron chi connectivity index (χ4n) is 2.60. The smallest absolute Gasteiger partial charge is 0.269 e. The second-order valence-electron chi connectivity index (χ2n) is 5.86. The van der Waals surface area contributed by atoms with Crippen LogP contribution in [0.5, 0.6) is 0 Å². The van der Waals surface area contributed by atoms with Crippen molar-refractivity contribution in [3.05, 3.63) is 70.6 Å². The Hall–Kier alpha value is -3.33. The van der Waals surface area contributed by atoms with Crippen LogP contribution in [0.4, 0.5) is 4.39 Å². The minimum atomic E-state index is -0.317. The number of nitrogens with one attached hydrogen (secondary N) is 1. The molecule has 3 aromatic heterocycles. The van der Waals surface area contributed by atoms with Crippen LogP contribution in [-0.2, 0) is 13.6 Å². The average Bonchev–Trinajstić information content (AvgIpc) is 3.40. The number of carbonyl (C=O) groups is 1. The van der Waals surface area contributed by atoms with Crippen molar-refractivity contribution in [1.82, 2.24) is 30.1 Å². The number of rotatable bonds is 5. The molecule has 0 radical (unpaired) electrons. The molecule has 1 N–H and O–H groups in total. The Bertz CT molecular complexity index is 1070. The molecule has 0 saturated carbocycles. The third kappa shape index (κ3) is 3.63. The van der Waals surface area contributed by atoms with Crippen molar-refractivity contribution >= 4 is 17.2 Å². The van der Waals surface area contributed by atoms with E-state index in [-0.39, 0.29) is 18.3 Å². The van der Waals surface area contributed by atoms with Crippen molar-refractivity contribution in [1.29, 1.82) is 0 Å². The maximum atomic E-state index is 13.1. The third-order valence-corrected chi connectivity index (χ3v) is 4.66. The Morgan fingerprint density at radius 1 is 1.26 bits per heavy atom. The van der Waals surface area contributed by atoms with Gasteiger partial charge in [-0.05, 0) is 41.8 Å². The molecule has 7 nitrogen and oxygen atoms in total. The van der Waals surface area contributed by atoms with E-state index in [4.69, 9.17) is 0 Å². The second-order valence-corrected chi connectivity index (χ2v) is 6.64. The Morgan fingerprint density at radius 3 is 2.81 bits per heavy atom. The highest BCUT2D eigenvalue weighted by atomic mass is 32.1. The molecule has 4 aromatic rings. The van der Waals surface area contributed by atoms with E-state index in [1.807, 2.05) is 16.8 Å². The topological polar surface area (TPSA) is 77.6 Å². The molecular weight excluding hydrogens is 367 g/mol. The summed E-state index contributed by atoms with van der Waals surface area (Å²) in [5.74, 6) is -0.591. The fraction of sp³-hybridized carbons (Fsp3) is 0.111. The normalized spacial score (nSPS) is 10.9. The third-order valence-electron chi connectivity index (χ3n) is 3.99. The van der Waals surface area contributed by atoms with Gasteiger partial charge in [-0.15, -0.1) is 5.10 Å². The zero-order valence-electron chi connectivity index (χ0n) is 14.3. The Balaban J connectivity index is 1.45. The molecule has 0 spiro atoms. The van der Waals surface area contributed by atoms with Crippen LogP contribution in [0, 0.1) is 5.82 Å². The first-order valence-electron chi connectivity index (χ1n) is 8.12. The molecule has 0 fully saturated rings. The standard InChI is InChI=1S/C18H15FN6OS/c1-24-17(8-16(22-24)12-2-4-13(19)5-3-12)18(26)20-9-14-10-25(23-21-14)15-6-7-27-11-15/h2-8,10-11H,9H2,1H3,(H,20,26). The molecule has 3 heterocycles. The molecule has 0 saturated heterocycles. The SMILES string of the molecule is Cn1nc(-c2ccc(F)cc2)cc1C(=O)NCc1cn(-c2ccsc2)nn1. The van der Waals surface area contributed by atoms with Crippen molar-refractivity contribution in [3.8, 4) is 16.9 Å². The van der Waals surface area contributed by atoms with Gasteiger partial charge < -0.3 is 5.32 Å². The van der Waals surface area contributed by atoms with E-state index in [2.05, 4.69) is 20.7 Å². The van der Waals surface area contributed by atoms with Gasteiger partial charge in [0, 0.05) is 18.0 Å². The molecule has 9 heteroatoms. The van der Waals surface area contributed by atoms with Crippen molar-refractivity contribution in [2.45, 2.75) is 6.54 Å². The predicted molar refractivity (Wildman–Crippen MR) is 99.0 cm³/mol. The lowest BCUT2D eigenvalue weighted by atomic mass is 10.1. The van der Waals surface area contributed by atoms with Crippen LogP contribution in [0.15, 0.2) is 53.4 Å². The zero-order valence-corrected chi connectivity index (χ0v) is 15.2. The van der Waals surface area contributed by atoms with Crippen LogP contribution in [0.25, 0.3) is 16.9 Å². The number of benzene rings is 1. The summed E-state index contributed by atoms with van der Waals surface area (Å²) in [6.07, 6.45) is 1.77. The molecule has 0 unspecified atom stereocenters. The van der Waals surface area contributed by atoms with E-state index < -0.39 is 0 Å². The lowest BCUT2D eigenvalue weighted by Gasteiger charge is -2.02. The van der Waals surface area contributed by atoms with Gasteiger partial charge in [0.25, 0.3) is 5.91 Å². The average molecular weight is 382 g/mol. The summed E-state index contributed by atoms with van der Waals surface area (Å²) in [6, 6.07) is 9.59. The van der Waals surface area contributed by atoms with E-state index >= 15 is 0 Å². The molecule has 27 heavy (non-hydrogen) atoms. The number of halogens is 1. The fourth-order valence-corrected chi connectivity index (χ4v) is 3.22. The molecule has 0 atom stereocenters. The van der Waals surface area contributed by atoms with Crippen molar-refractivity contribution < 1.29 is 9.18 Å². The quantitative estimate of drug-likeness (QED) is 0.576. The number of hydrogen-bond donors (Lipinski definition) is 1. The van der Waals surface area contributed by atoms with Crippen LogP contribution in [0.1, 0.15) is 16.2 Å². The maximum absolute atomic E-state index is 13.1. The summed E-state index contributed by atoms with van der Waals surface area (Å²) in [6.45, 7) is 0.250. The number of nitrogens with zero attached hydrogens (tertiary/aromatic N) is 5. The molecule has 0 aliphatic carbocycles. The largest absolute Gasteiger partial charge is 0.345 e. The van der Waals surface area contributed by atoms with Crippen LogP contribution < -0.4 is 5.32 Å². The van der Waals surface area contributed by atoms with Crippen LogP contribution in [0.2, 0.25) is 0 Å². The van der Waals surface area contributed by atoms with Gasteiger partial charge in [0.2, 0.25) is 0 Å². The van der Waals surface area contributed by atoms with Gasteiger partial charge in [0.05, 0.1) is 24.1 Å². The number of thiophene rings is 1. The predicted octanol–water partition coefficient (Wildman–Crippen LogP) is 2.80. The summed E-state index contributed by atoms with van der Waals surface area (Å²) in [4.78, 5) is 12.5. The maximum Gasteiger partial charge on any atom is 0.269 e. The Kier molecular flexibility index (Phi) is 4.51. The van der Waals surface area contributed by atoms with Gasteiger partial charge in [-0.3, -0.25) is 9.48 Å². The summed E-state index contributed by atoms with van der Waals surface area (Å²) >= 11 is 1.57. The summed E-state index contributed by atoms with van der Waals surface area (Å²) in [5.41, 5.74) is 3.33. The summed E-state index contributed by atoms with van der Waals surface area (Å²) in [5, 5.41) is 19.2. The first-order valence-corrected chi connectivity index (χ1v) is 9.06. The Morgan fingerprint density at radius 2 is 2.07 bits per heavy atom. The minimum absolute atomic E-state index is 0.250. The van der Waals surface area contributed by atoms with Crippen LogP contribution in [-0.4, -0.2) is 30.7 Å². The molecule has 0 aliphatic heterocycles. The zero-order chi connectivity index (χ0) is 18.8. The van der Waals surface area contributed by atoms with Crippen LogP contribution in [0.3, 0.4) is 0 Å². The lowest BCUT2D eigenvalue weighted by molar-refractivity contribution is 0.0941.